The Morgan fingerprint density at radius 2 is 2.33 bits per heavy atom. The first-order chi connectivity index (χ1) is 4.38. The molecule has 0 saturated heterocycles. The van der Waals surface area contributed by atoms with Crippen molar-refractivity contribution in [2.75, 3.05) is 6.54 Å². The van der Waals surface area contributed by atoms with Crippen LogP contribution in [-0.4, -0.2) is 23.9 Å². The Morgan fingerprint density at radius 1 is 1.67 bits per heavy atom. The minimum absolute atomic E-state index is 0.544. The van der Waals surface area contributed by atoms with E-state index in [9.17, 15) is 4.79 Å². The molecule has 2 heteroatoms. The molecule has 0 aromatic rings. The lowest BCUT2D eigenvalue weighted by Crippen LogP contribution is -2.24. The highest BCUT2D eigenvalue weighted by molar-refractivity contribution is 5.49. The fraction of sp³-hybridized carbons (Fsp3) is 0.857. The molecule has 9 heavy (non-hydrogen) atoms. The molecule has 1 amide bonds. The third-order valence-corrected chi connectivity index (χ3v) is 1.57. The predicted molar refractivity (Wildman–Crippen MR) is 35.7 cm³/mol. The number of hydrogen-bond acceptors (Lipinski definition) is 1. The van der Waals surface area contributed by atoms with Crippen molar-refractivity contribution >= 4 is 6.41 Å². The third kappa shape index (κ3) is 1.70. The SMILES string of the molecule is CCCN([C]=O)C1CC1. The second kappa shape index (κ2) is 2.85. The van der Waals surface area contributed by atoms with Gasteiger partial charge < -0.3 is 4.90 Å². The Kier molecular flexibility index (Phi) is 2.09. The molecule has 0 spiro atoms. The van der Waals surface area contributed by atoms with Gasteiger partial charge in [-0.15, -0.1) is 0 Å². The topological polar surface area (TPSA) is 20.3 Å². The van der Waals surface area contributed by atoms with Gasteiger partial charge in [0.2, 0.25) is 0 Å². The lowest BCUT2D eigenvalue weighted by atomic mass is 10.4. The van der Waals surface area contributed by atoms with E-state index in [2.05, 4.69) is 6.92 Å². The minimum Gasteiger partial charge on any atom is -0.331 e. The van der Waals surface area contributed by atoms with E-state index in [4.69, 9.17) is 0 Å². The van der Waals surface area contributed by atoms with E-state index >= 15 is 0 Å². The highest BCUT2D eigenvalue weighted by atomic mass is 16.1. The van der Waals surface area contributed by atoms with E-state index in [-0.39, 0.29) is 0 Å². The monoisotopic (exact) mass is 126 g/mol. The molecule has 1 saturated carbocycles. The summed E-state index contributed by atoms with van der Waals surface area (Å²) in [6, 6.07) is 0.544. The first kappa shape index (κ1) is 6.59. The summed E-state index contributed by atoms with van der Waals surface area (Å²) in [4.78, 5) is 12.0. The smallest absolute Gasteiger partial charge is 0.312 e. The average molecular weight is 126 g/mol. The summed E-state index contributed by atoms with van der Waals surface area (Å²) in [7, 11) is 0. The summed E-state index contributed by atoms with van der Waals surface area (Å²) in [5, 5.41) is 0. The van der Waals surface area contributed by atoms with Gasteiger partial charge in [-0.1, -0.05) is 6.92 Å². The highest BCUT2D eigenvalue weighted by Crippen LogP contribution is 2.25. The number of amides is 1. The average Bonchev–Trinajstić information content (AvgIpc) is 2.64. The van der Waals surface area contributed by atoms with Crippen LogP contribution in [0.4, 0.5) is 0 Å². The van der Waals surface area contributed by atoms with Crippen LogP contribution in [0.2, 0.25) is 0 Å². The second-order valence-corrected chi connectivity index (χ2v) is 2.52. The van der Waals surface area contributed by atoms with E-state index < -0.39 is 0 Å². The molecule has 1 radical (unpaired) electrons. The Balaban J connectivity index is 2.20. The first-order valence-corrected chi connectivity index (χ1v) is 3.53. The number of nitrogens with zero attached hydrogens (tertiary/aromatic N) is 1. The van der Waals surface area contributed by atoms with Crippen LogP contribution in [0.15, 0.2) is 0 Å². The molecule has 0 unspecified atom stereocenters. The minimum atomic E-state index is 0.544. The summed E-state index contributed by atoms with van der Waals surface area (Å²) in [6.07, 6.45) is 5.38. The van der Waals surface area contributed by atoms with Crippen LogP contribution in [0.25, 0.3) is 0 Å². The van der Waals surface area contributed by atoms with Crippen molar-refractivity contribution in [3.05, 3.63) is 0 Å². The summed E-state index contributed by atoms with van der Waals surface area (Å²) >= 11 is 0. The summed E-state index contributed by atoms with van der Waals surface area (Å²) in [6.45, 7) is 2.96. The molecule has 0 aromatic heterocycles. The lowest BCUT2D eigenvalue weighted by Gasteiger charge is -2.12. The molecule has 51 valence electrons. The number of rotatable bonds is 4. The van der Waals surface area contributed by atoms with Crippen LogP contribution in [0.3, 0.4) is 0 Å². The standard InChI is InChI=1S/C7H12NO/c1-2-5-8(6-9)7-3-4-7/h7H,2-5H2,1H3. The van der Waals surface area contributed by atoms with E-state index in [0.717, 1.165) is 13.0 Å². The fourth-order valence-electron chi connectivity index (χ4n) is 0.930. The van der Waals surface area contributed by atoms with Crippen molar-refractivity contribution in [1.82, 2.24) is 4.90 Å². The van der Waals surface area contributed by atoms with Gasteiger partial charge in [0.25, 0.3) is 0 Å². The van der Waals surface area contributed by atoms with E-state index in [1.165, 1.54) is 12.8 Å². The predicted octanol–water partition coefficient (Wildman–Crippen LogP) is 0.928. The molecule has 1 aliphatic rings. The van der Waals surface area contributed by atoms with Crippen molar-refractivity contribution in [2.24, 2.45) is 0 Å². The quantitative estimate of drug-likeness (QED) is 0.513. The van der Waals surface area contributed by atoms with Crippen molar-refractivity contribution in [1.29, 1.82) is 0 Å². The van der Waals surface area contributed by atoms with Crippen LogP contribution in [0, 0.1) is 0 Å². The van der Waals surface area contributed by atoms with Gasteiger partial charge in [-0.05, 0) is 19.3 Å². The van der Waals surface area contributed by atoms with Gasteiger partial charge in [-0.2, -0.15) is 0 Å². The Bertz CT molecular complexity index is 99.1. The van der Waals surface area contributed by atoms with Crippen molar-refractivity contribution in [2.45, 2.75) is 32.2 Å². The molecular formula is C7H12NO. The molecule has 1 aliphatic carbocycles. The highest BCUT2D eigenvalue weighted by Gasteiger charge is 2.27. The molecule has 2 nitrogen and oxygen atoms in total. The van der Waals surface area contributed by atoms with Gasteiger partial charge >= 0.3 is 6.41 Å². The molecule has 0 aromatic carbocycles. The maximum absolute atomic E-state index is 10.2. The van der Waals surface area contributed by atoms with Crippen molar-refractivity contribution < 1.29 is 4.79 Å². The van der Waals surface area contributed by atoms with Gasteiger partial charge in [-0.3, -0.25) is 4.79 Å². The maximum atomic E-state index is 10.2. The van der Waals surface area contributed by atoms with Gasteiger partial charge in [0.15, 0.2) is 0 Å². The fourth-order valence-corrected chi connectivity index (χ4v) is 0.930. The normalized spacial score (nSPS) is 17.4. The molecule has 0 aliphatic heterocycles. The Morgan fingerprint density at radius 3 is 2.67 bits per heavy atom. The molecule has 0 bridgehead atoms. The van der Waals surface area contributed by atoms with Gasteiger partial charge in [0.05, 0.1) is 0 Å². The zero-order valence-corrected chi connectivity index (χ0v) is 5.76. The second-order valence-electron chi connectivity index (χ2n) is 2.52. The Hall–Kier alpha value is -0.530. The van der Waals surface area contributed by atoms with Gasteiger partial charge in [0.1, 0.15) is 0 Å². The summed E-state index contributed by atoms with van der Waals surface area (Å²) in [5.74, 6) is 0. The molecule has 0 N–H and O–H groups in total. The van der Waals surface area contributed by atoms with Gasteiger partial charge in [-0.25, -0.2) is 0 Å². The summed E-state index contributed by atoms with van der Waals surface area (Å²) < 4.78 is 0. The lowest BCUT2D eigenvalue weighted by molar-refractivity contribution is 0.371. The zero-order chi connectivity index (χ0) is 6.69. The van der Waals surface area contributed by atoms with Crippen LogP contribution in [-0.2, 0) is 4.79 Å². The molecule has 0 atom stereocenters. The van der Waals surface area contributed by atoms with Gasteiger partial charge in [0, 0.05) is 12.6 Å². The molecule has 0 heterocycles. The summed E-state index contributed by atoms with van der Waals surface area (Å²) in [5.41, 5.74) is 0. The third-order valence-electron chi connectivity index (χ3n) is 1.57. The van der Waals surface area contributed by atoms with Crippen molar-refractivity contribution in [3.8, 4) is 0 Å². The van der Waals surface area contributed by atoms with Crippen LogP contribution >= 0.6 is 0 Å². The van der Waals surface area contributed by atoms with E-state index in [1.807, 2.05) is 6.41 Å². The van der Waals surface area contributed by atoms with Crippen LogP contribution in [0.1, 0.15) is 26.2 Å². The van der Waals surface area contributed by atoms with Crippen molar-refractivity contribution in [3.63, 3.8) is 0 Å². The van der Waals surface area contributed by atoms with E-state index in [1.54, 1.807) is 4.90 Å². The largest absolute Gasteiger partial charge is 0.331 e. The maximum Gasteiger partial charge on any atom is 0.312 e. The molecule has 1 rings (SSSR count). The number of carbonyl (C=O) groups excluding carboxylic acids is 1. The van der Waals surface area contributed by atoms with E-state index in [0.29, 0.717) is 6.04 Å². The number of hydrogen-bond donors (Lipinski definition) is 0. The zero-order valence-electron chi connectivity index (χ0n) is 5.76. The van der Waals surface area contributed by atoms with Crippen LogP contribution in [0.5, 0.6) is 0 Å². The first-order valence-electron chi connectivity index (χ1n) is 3.53. The molecular weight excluding hydrogens is 114 g/mol. The molecule has 1 fully saturated rings. The van der Waals surface area contributed by atoms with Crippen LogP contribution < -0.4 is 0 Å². The Labute approximate surface area is 55.8 Å².